The molecule has 1 N–H and O–H groups in total. The molecule has 1 saturated heterocycles. The molecule has 0 aliphatic carbocycles. The van der Waals surface area contributed by atoms with Crippen LogP contribution in [-0.2, 0) is 9.31 Å². The summed E-state index contributed by atoms with van der Waals surface area (Å²) in [5, 5.41) is 4.14. The molecule has 3 heterocycles. The maximum Gasteiger partial charge on any atom is 0.494 e. The fraction of sp³-hybridized carbons (Fsp3) is 0.353. The zero-order valence-electron chi connectivity index (χ0n) is 13.7. The second kappa shape index (κ2) is 4.93. The topological polar surface area (TPSA) is 47.1 Å². The lowest BCUT2D eigenvalue weighted by molar-refractivity contribution is 0.00578. The number of aromatic nitrogens is 2. The molecule has 2 aromatic heterocycles. The molecule has 0 radical (unpaired) electrons. The van der Waals surface area contributed by atoms with Crippen LogP contribution < -0.4 is 5.46 Å². The molecule has 4 rings (SSSR count). The molecule has 0 bridgehead atoms. The van der Waals surface area contributed by atoms with E-state index < -0.39 is 0 Å². The Morgan fingerprint density at radius 3 is 2.48 bits per heavy atom. The van der Waals surface area contributed by atoms with Gasteiger partial charge in [0.1, 0.15) is 5.01 Å². The third-order valence-electron chi connectivity index (χ3n) is 4.83. The van der Waals surface area contributed by atoms with Crippen molar-refractivity contribution in [3.05, 3.63) is 35.8 Å². The van der Waals surface area contributed by atoms with E-state index in [1.165, 1.54) is 0 Å². The highest BCUT2D eigenvalue weighted by Gasteiger charge is 2.51. The minimum atomic E-state index is -0.337. The molecule has 4 nitrogen and oxygen atoms in total. The van der Waals surface area contributed by atoms with Crippen molar-refractivity contribution < 1.29 is 9.31 Å². The van der Waals surface area contributed by atoms with Crippen LogP contribution in [0.1, 0.15) is 27.7 Å². The smallest absolute Gasteiger partial charge is 0.399 e. The van der Waals surface area contributed by atoms with Gasteiger partial charge in [-0.05, 0) is 45.3 Å². The summed E-state index contributed by atoms with van der Waals surface area (Å²) in [6, 6.07) is 8.41. The summed E-state index contributed by atoms with van der Waals surface area (Å²) in [7, 11) is -0.337. The Hall–Kier alpha value is -1.63. The Balaban J connectivity index is 1.70. The van der Waals surface area contributed by atoms with Crippen LogP contribution in [0.2, 0.25) is 0 Å². The van der Waals surface area contributed by atoms with Gasteiger partial charge in [0.25, 0.3) is 0 Å². The van der Waals surface area contributed by atoms with Gasteiger partial charge in [0, 0.05) is 22.5 Å². The minimum Gasteiger partial charge on any atom is -0.399 e. The number of hydrogen-bond donors (Lipinski definition) is 1. The third-order valence-corrected chi connectivity index (χ3v) is 5.64. The van der Waals surface area contributed by atoms with E-state index in [4.69, 9.17) is 9.31 Å². The number of fused-ring (bicyclic) bond motifs is 1. The zero-order valence-corrected chi connectivity index (χ0v) is 14.5. The Morgan fingerprint density at radius 2 is 1.83 bits per heavy atom. The highest BCUT2D eigenvalue weighted by atomic mass is 32.1. The van der Waals surface area contributed by atoms with Gasteiger partial charge >= 0.3 is 7.12 Å². The van der Waals surface area contributed by atoms with E-state index in [0.29, 0.717) is 0 Å². The van der Waals surface area contributed by atoms with Crippen molar-refractivity contribution in [1.29, 1.82) is 0 Å². The van der Waals surface area contributed by atoms with Gasteiger partial charge in [-0.1, -0.05) is 12.1 Å². The molecular formula is C17H19BN2O2S. The molecule has 0 amide bonds. The Kier molecular flexibility index (Phi) is 3.20. The monoisotopic (exact) mass is 326 g/mol. The van der Waals surface area contributed by atoms with Crippen molar-refractivity contribution >= 4 is 34.8 Å². The molecule has 118 valence electrons. The largest absolute Gasteiger partial charge is 0.494 e. The van der Waals surface area contributed by atoms with Crippen LogP contribution in [0.3, 0.4) is 0 Å². The summed E-state index contributed by atoms with van der Waals surface area (Å²) in [5.74, 6) is 0. The molecule has 1 aromatic carbocycles. The van der Waals surface area contributed by atoms with Gasteiger partial charge in [0.05, 0.1) is 16.9 Å². The van der Waals surface area contributed by atoms with Crippen molar-refractivity contribution in [2.45, 2.75) is 38.9 Å². The van der Waals surface area contributed by atoms with Crippen LogP contribution in [0, 0.1) is 0 Å². The van der Waals surface area contributed by atoms with Crippen LogP contribution in [0.25, 0.3) is 21.6 Å². The molecule has 0 spiro atoms. The molecule has 3 aromatic rings. The predicted molar refractivity (Wildman–Crippen MR) is 95.1 cm³/mol. The number of nitrogens with zero attached hydrogens (tertiary/aromatic N) is 1. The molecule has 6 heteroatoms. The number of nitrogens with one attached hydrogen (secondary N) is 1. The number of benzene rings is 1. The molecule has 0 saturated carbocycles. The number of thiazole rings is 1. The molecule has 0 atom stereocenters. The summed E-state index contributed by atoms with van der Waals surface area (Å²) >= 11 is 1.63. The zero-order chi connectivity index (χ0) is 16.2. The molecular weight excluding hydrogens is 307 g/mol. The van der Waals surface area contributed by atoms with E-state index in [2.05, 4.69) is 61.9 Å². The third kappa shape index (κ3) is 2.41. The highest BCUT2D eigenvalue weighted by molar-refractivity contribution is 7.13. The van der Waals surface area contributed by atoms with Gasteiger partial charge in [0.15, 0.2) is 0 Å². The van der Waals surface area contributed by atoms with Gasteiger partial charge in [-0.15, -0.1) is 11.3 Å². The number of rotatable bonds is 2. The maximum atomic E-state index is 6.13. The standard InChI is InChI=1S/C17H19BN2O2S/c1-16(2)17(3,4)22-18(21-16)12-6-5-11-9-14(20-13(11)10-12)15-19-7-8-23-15/h5-10,20H,1-4H3. The van der Waals surface area contributed by atoms with Gasteiger partial charge in [-0.25, -0.2) is 4.98 Å². The highest BCUT2D eigenvalue weighted by Crippen LogP contribution is 2.36. The second-order valence-corrected chi connectivity index (χ2v) is 7.85. The Bertz CT molecular complexity index is 839. The van der Waals surface area contributed by atoms with Crippen molar-refractivity contribution in [3.8, 4) is 10.7 Å². The summed E-state index contributed by atoms with van der Waals surface area (Å²) < 4.78 is 12.3. The molecule has 1 aliphatic heterocycles. The van der Waals surface area contributed by atoms with Gasteiger partial charge in [-0.3, -0.25) is 0 Å². The fourth-order valence-corrected chi connectivity index (χ4v) is 3.35. The quantitative estimate of drug-likeness (QED) is 0.732. The molecule has 23 heavy (non-hydrogen) atoms. The SMILES string of the molecule is CC1(C)OB(c2ccc3cc(-c4nccs4)[nH]c3c2)OC1(C)C. The van der Waals surface area contributed by atoms with Crippen LogP contribution in [-0.4, -0.2) is 28.3 Å². The normalized spacial score (nSPS) is 19.6. The Labute approximate surface area is 140 Å². The number of aromatic amines is 1. The lowest BCUT2D eigenvalue weighted by atomic mass is 9.79. The van der Waals surface area contributed by atoms with E-state index in [-0.39, 0.29) is 18.3 Å². The van der Waals surface area contributed by atoms with E-state index in [1.54, 1.807) is 11.3 Å². The Morgan fingerprint density at radius 1 is 1.09 bits per heavy atom. The summed E-state index contributed by atoms with van der Waals surface area (Å²) in [6.07, 6.45) is 1.82. The van der Waals surface area contributed by atoms with Crippen LogP contribution in [0.4, 0.5) is 0 Å². The van der Waals surface area contributed by atoms with Crippen LogP contribution >= 0.6 is 11.3 Å². The van der Waals surface area contributed by atoms with Crippen molar-refractivity contribution in [3.63, 3.8) is 0 Å². The van der Waals surface area contributed by atoms with E-state index in [9.17, 15) is 0 Å². The lowest BCUT2D eigenvalue weighted by Crippen LogP contribution is -2.41. The molecule has 1 fully saturated rings. The number of hydrogen-bond acceptors (Lipinski definition) is 4. The van der Waals surface area contributed by atoms with Crippen LogP contribution in [0.5, 0.6) is 0 Å². The predicted octanol–water partition coefficient (Wildman–Crippen LogP) is 3.59. The van der Waals surface area contributed by atoms with E-state index in [1.807, 2.05) is 11.6 Å². The minimum absolute atomic E-state index is 0.325. The fourth-order valence-electron chi connectivity index (χ4n) is 2.74. The first-order valence-corrected chi connectivity index (χ1v) is 8.62. The second-order valence-electron chi connectivity index (χ2n) is 6.96. The molecule has 1 aliphatic rings. The van der Waals surface area contributed by atoms with Crippen LogP contribution in [0.15, 0.2) is 35.8 Å². The summed E-state index contributed by atoms with van der Waals surface area (Å²) in [6.45, 7) is 8.28. The molecule has 0 unspecified atom stereocenters. The van der Waals surface area contributed by atoms with Gasteiger partial charge in [-0.2, -0.15) is 0 Å². The van der Waals surface area contributed by atoms with E-state index in [0.717, 1.165) is 27.1 Å². The van der Waals surface area contributed by atoms with Crippen molar-refractivity contribution in [2.75, 3.05) is 0 Å². The van der Waals surface area contributed by atoms with Gasteiger partial charge < -0.3 is 14.3 Å². The van der Waals surface area contributed by atoms with Crippen molar-refractivity contribution in [1.82, 2.24) is 9.97 Å². The van der Waals surface area contributed by atoms with Crippen molar-refractivity contribution in [2.24, 2.45) is 0 Å². The lowest BCUT2D eigenvalue weighted by Gasteiger charge is -2.32. The number of H-pyrrole nitrogens is 1. The van der Waals surface area contributed by atoms with Gasteiger partial charge in [0.2, 0.25) is 0 Å². The maximum absolute atomic E-state index is 6.13. The van der Waals surface area contributed by atoms with E-state index >= 15 is 0 Å². The average molecular weight is 326 g/mol. The average Bonchev–Trinajstić information content (AvgIpc) is 3.17. The first-order chi connectivity index (χ1) is 10.9. The first-order valence-electron chi connectivity index (χ1n) is 7.74. The first kappa shape index (κ1) is 14.9. The summed E-state index contributed by atoms with van der Waals surface area (Å²) in [5.41, 5.74) is 2.50. The summed E-state index contributed by atoms with van der Waals surface area (Å²) in [4.78, 5) is 7.80.